The van der Waals surface area contributed by atoms with Gasteiger partial charge in [0.1, 0.15) is 5.75 Å². The van der Waals surface area contributed by atoms with Crippen molar-refractivity contribution in [2.24, 2.45) is 0 Å². The standard InChI is InChI=1S/C16H23NO2/c1-3-8-19-16-11-14(4-5-15(16)12(2)17)13-6-9-18-10-7-13/h4-5,11,13,17H,3,6-10H2,1-2H3. The molecule has 0 atom stereocenters. The highest BCUT2D eigenvalue weighted by atomic mass is 16.5. The van der Waals surface area contributed by atoms with E-state index in [0.717, 1.165) is 43.8 Å². The van der Waals surface area contributed by atoms with E-state index in [-0.39, 0.29) is 0 Å². The van der Waals surface area contributed by atoms with E-state index in [1.165, 1.54) is 5.56 Å². The van der Waals surface area contributed by atoms with E-state index in [9.17, 15) is 0 Å². The third kappa shape index (κ3) is 3.57. The summed E-state index contributed by atoms with van der Waals surface area (Å²) in [5.41, 5.74) is 2.79. The van der Waals surface area contributed by atoms with Gasteiger partial charge in [0, 0.05) is 24.5 Å². The maximum Gasteiger partial charge on any atom is 0.128 e. The Kier molecular flexibility index (Phi) is 4.97. The van der Waals surface area contributed by atoms with E-state index in [4.69, 9.17) is 14.9 Å². The van der Waals surface area contributed by atoms with Crippen LogP contribution in [0.25, 0.3) is 0 Å². The van der Waals surface area contributed by atoms with Crippen molar-refractivity contribution in [1.29, 1.82) is 5.41 Å². The fourth-order valence-corrected chi connectivity index (χ4v) is 2.47. The summed E-state index contributed by atoms with van der Waals surface area (Å²) in [5.74, 6) is 1.43. The first-order valence-corrected chi connectivity index (χ1v) is 7.12. The maximum atomic E-state index is 7.83. The van der Waals surface area contributed by atoms with Crippen LogP contribution in [-0.2, 0) is 4.74 Å². The smallest absolute Gasteiger partial charge is 0.128 e. The van der Waals surface area contributed by atoms with E-state index >= 15 is 0 Å². The van der Waals surface area contributed by atoms with Gasteiger partial charge in [0.2, 0.25) is 0 Å². The summed E-state index contributed by atoms with van der Waals surface area (Å²) in [5, 5.41) is 7.83. The summed E-state index contributed by atoms with van der Waals surface area (Å²) < 4.78 is 11.2. The number of benzene rings is 1. The van der Waals surface area contributed by atoms with Gasteiger partial charge >= 0.3 is 0 Å². The molecule has 1 N–H and O–H groups in total. The first-order chi connectivity index (χ1) is 9.22. The lowest BCUT2D eigenvalue weighted by Crippen LogP contribution is -2.14. The lowest BCUT2D eigenvalue weighted by atomic mass is 9.90. The Morgan fingerprint density at radius 3 is 2.74 bits per heavy atom. The molecule has 3 heteroatoms. The van der Waals surface area contributed by atoms with Crippen molar-refractivity contribution < 1.29 is 9.47 Å². The Balaban J connectivity index is 2.23. The average molecular weight is 261 g/mol. The highest BCUT2D eigenvalue weighted by molar-refractivity contribution is 5.98. The zero-order valence-electron chi connectivity index (χ0n) is 11.9. The van der Waals surface area contributed by atoms with Crippen molar-refractivity contribution in [3.63, 3.8) is 0 Å². The van der Waals surface area contributed by atoms with Gasteiger partial charge in [0.15, 0.2) is 0 Å². The zero-order valence-corrected chi connectivity index (χ0v) is 11.9. The summed E-state index contributed by atoms with van der Waals surface area (Å²) >= 11 is 0. The lowest BCUT2D eigenvalue weighted by molar-refractivity contribution is 0.0853. The van der Waals surface area contributed by atoms with Crippen LogP contribution in [0, 0.1) is 5.41 Å². The minimum absolute atomic E-state index is 0.560. The predicted molar refractivity (Wildman–Crippen MR) is 77.5 cm³/mol. The van der Waals surface area contributed by atoms with E-state index < -0.39 is 0 Å². The van der Waals surface area contributed by atoms with Gasteiger partial charge in [-0.25, -0.2) is 0 Å². The van der Waals surface area contributed by atoms with Crippen LogP contribution in [-0.4, -0.2) is 25.5 Å². The molecule has 1 aliphatic heterocycles. The summed E-state index contributed by atoms with van der Waals surface area (Å²) in [6, 6.07) is 6.29. The third-order valence-electron chi connectivity index (χ3n) is 3.56. The van der Waals surface area contributed by atoms with Crippen LogP contribution in [0.1, 0.15) is 50.2 Å². The quantitative estimate of drug-likeness (QED) is 0.820. The topological polar surface area (TPSA) is 42.3 Å². The van der Waals surface area contributed by atoms with E-state index in [1.54, 1.807) is 0 Å². The molecule has 0 radical (unpaired) electrons. The molecule has 2 rings (SSSR count). The first kappa shape index (κ1) is 14.1. The van der Waals surface area contributed by atoms with Crippen LogP contribution in [0.2, 0.25) is 0 Å². The Morgan fingerprint density at radius 2 is 2.11 bits per heavy atom. The molecule has 1 heterocycles. The van der Waals surface area contributed by atoms with Crippen molar-refractivity contribution in [2.75, 3.05) is 19.8 Å². The van der Waals surface area contributed by atoms with Gasteiger partial charge in [0.05, 0.1) is 6.61 Å². The highest BCUT2D eigenvalue weighted by Gasteiger charge is 2.17. The molecule has 1 saturated heterocycles. The minimum Gasteiger partial charge on any atom is -0.493 e. The van der Waals surface area contributed by atoms with Gasteiger partial charge in [-0.1, -0.05) is 13.0 Å². The molecular formula is C16H23NO2. The number of ether oxygens (including phenoxy) is 2. The highest BCUT2D eigenvalue weighted by Crippen LogP contribution is 2.31. The average Bonchev–Trinajstić information content (AvgIpc) is 2.45. The summed E-state index contributed by atoms with van der Waals surface area (Å²) in [6.07, 6.45) is 3.14. The van der Waals surface area contributed by atoms with Gasteiger partial charge in [0.25, 0.3) is 0 Å². The Bertz CT molecular complexity index is 436. The number of hydrogen-bond donors (Lipinski definition) is 1. The molecule has 1 aromatic carbocycles. The molecule has 0 unspecified atom stereocenters. The first-order valence-electron chi connectivity index (χ1n) is 7.12. The molecule has 0 aromatic heterocycles. The summed E-state index contributed by atoms with van der Waals surface area (Å²) in [4.78, 5) is 0. The van der Waals surface area contributed by atoms with Gasteiger partial charge in [-0.05, 0) is 49.8 Å². The fourth-order valence-electron chi connectivity index (χ4n) is 2.47. The van der Waals surface area contributed by atoms with Crippen LogP contribution in [0.5, 0.6) is 5.75 Å². The second-order valence-electron chi connectivity index (χ2n) is 5.12. The molecule has 0 spiro atoms. The number of hydrogen-bond acceptors (Lipinski definition) is 3. The second kappa shape index (κ2) is 6.71. The maximum absolute atomic E-state index is 7.83. The van der Waals surface area contributed by atoms with Gasteiger partial charge in [-0.2, -0.15) is 0 Å². The van der Waals surface area contributed by atoms with Crippen LogP contribution in [0.4, 0.5) is 0 Å². The van der Waals surface area contributed by atoms with Crippen molar-refractivity contribution in [3.8, 4) is 5.75 Å². The molecule has 0 bridgehead atoms. The molecule has 0 saturated carbocycles. The predicted octanol–water partition coefficient (Wildman–Crippen LogP) is 3.76. The van der Waals surface area contributed by atoms with E-state index in [0.29, 0.717) is 18.2 Å². The third-order valence-corrected chi connectivity index (χ3v) is 3.56. The normalized spacial score (nSPS) is 16.3. The SMILES string of the molecule is CCCOc1cc(C2CCOCC2)ccc1C(C)=N. The lowest BCUT2D eigenvalue weighted by Gasteiger charge is -2.23. The number of nitrogens with one attached hydrogen (secondary N) is 1. The van der Waals surface area contributed by atoms with Gasteiger partial charge in [-0.15, -0.1) is 0 Å². The molecule has 0 aliphatic carbocycles. The Labute approximate surface area is 115 Å². The largest absolute Gasteiger partial charge is 0.493 e. The zero-order chi connectivity index (χ0) is 13.7. The van der Waals surface area contributed by atoms with Crippen LogP contribution in [0.3, 0.4) is 0 Å². The molecule has 0 amide bonds. The minimum atomic E-state index is 0.560. The monoisotopic (exact) mass is 261 g/mol. The van der Waals surface area contributed by atoms with Gasteiger partial charge in [-0.3, -0.25) is 0 Å². The van der Waals surface area contributed by atoms with Crippen molar-refractivity contribution in [3.05, 3.63) is 29.3 Å². The molecule has 1 fully saturated rings. The molecule has 104 valence electrons. The fraction of sp³-hybridized carbons (Fsp3) is 0.562. The van der Waals surface area contributed by atoms with Crippen LogP contribution < -0.4 is 4.74 Å². The molecule has 1 aromatic rings. The second-order valence-corrected chi connectivity index (χ2v) is 5.12. The molecule has 1 aliphatic rings. The summed E-state index contributed by atoms with van der Waals surface area (Å²) in [7, 11) is 0. The number of rotatable bonds is 5. The Hall–Kier alpha value is -1.35. The van der Waals surface area contributed by atoms with Gasteiger partial charge < -0.3 is 14.9 Å². The van der Waals surface area contributed by atoms with Crippen LogP contribution >= 0.6 is 0 Å². The summed E-state index contributed by atoms with van der Waals surface area (Å²) in [6.45, 7) is 6.31. The van der Waals surface area contributed by atoms with Crippen molar-refractivity contribution >= 4 is 5.71 Å². The molecular weight excluding hydrogens is 238 g/mol. The van der Waals surface area contributed by atoms with Crippen molar-refractivity contribution in [2.45, 2.75) is 39.0 Å². The molecule has 3 nitrogen and oxygen atoms in total. The van der Waals surface area contributed by atoms with E-state index in [2.05, 4.69) is 19.1 Å². The Morgan fingerprint density at radius 1 is 1.37 bits per heavy atom. The van der Waals surface area contributed by atoms with E-state index in [1.807, 2.05) is 13.0 Å². The van der Waals surface area contributed by atoms with Crippen molar-refractivity contribution in [1.82, 2.24) is 0 Å². The molecule has 19 heavy (non-hydrogen) atoms. The van der Waals surface area contributed by atoms with Crippen LogP contribution in [0.15, 0.2) is 18.2 Å².